The van der Waals surface area contributed by atoms with Crippen molar-refractivity contribution in [3.8, 4) is 34.3 Å². The quantitative estimate of drug-likeness (QED) is 0.264. The van der Waals surface area contributed by atoms with Crippen LogP contribution in [0.2, 0.25) is 0 Å². The number of phenols is 3. The molecule has 0 radical (unpaired) electrons. The molecule has 0 amide bonds. The molecule has 1 aliphatic heterocycles. The van der Waals surface area contributed by atoms with E-state index in [4.69, 9.17) is 9.15 Å². The molecular formula is C21H20O11. The summed E-state index contributed by atoms with van der Waals surface area (Å²) in [6.45, 7) is -0.734. The Kier molecular flexibility index (Phi) is 5.44. The summed E-state index contributed by atoms with van der Waals surface area (Å²) in [6.07, 6.45) is -8.17. The van der Waals surface area contributed by atoms with Crippen LogP contribution < -0.4 is 5.43 Å². The monoisotopic (exact) mass is 448 g/mol. The molecule has 0 aliphatic carbocycles. The molecule has 1 aliphatic rings. The van der Waals surface area contributed by atoms with Gasteiger partial charge in [-0.1, -0.05) is 0 Å². The Labute approximate surface area is 179 Å². The van der Waals surface area contributed by atoms with Gasteiger partial charge in [-0.3, -0.25) is 4.79 Å². The van der Waals surface area contributed by atoms with E-state index in [1.165, 1.54) is 24.3 Å². The Hall–Kier alpha value is -3.35. The van der Waals surface area contributed by atoms with Crippen LogP contribution in [0, 0.1) is 0 Å². The van der Waals surface area contributed by atoms with Crippen LogP contribution in [0.15, 0.2) is 39.5 Å². The molecule has 0 bridgehead atoms. The largest absolute Gasteiger partial charge is 0.508 e. The molecule has 0 saturated carbocycles. The lowest BCUT2D eigenvalue weighted by Gasteiger charge is -2.40. The summed E-state index contributed by atoms with van der Waals surface area (Å²) in [5, 5.41) is 80.2. The number of ether oxygens (including phenoxy) is 1. The fraction of sp³-hybridized carbons (Fsp3) is 0.286. The van der Waals surface area contributed by atoms with Crippen LogP contribution >= 0.6 is 0 Å². The number of hydrogen-bond acceptors (Lipinski definition) is 11. The van der Waals surface area contributed by atoms with Crippen molar-refractivity contribution in [3.05, 3.63) is 46.1 Å². The first-order valence-electron chi connectivity index (χ1n) is 9.50. The number of fused-ring (bicyclic) bond motifs is 1. The van der Waals surface area contributed by atoms with Gasteiger partial charge in [-0.25, -0.2) is 0 Å². The van der Waals surface area contributed by atoms with Crippen LogP contribution in [-0.4, -0.2) is 71.9 Å². The average Bonchev–Trinajstić information content (AvgIpc) is 2.76. The standard InChI is InChI=1S/C21H20O11/c22-6-11-14(26)16(28)18(30)21(31-11)13-10(25)5-9(24)12-15(27)17(29)19(32-20(12)13)7-1-3-8(23)4-2-7/h1-5,11,14,16,18,21-26,28-30H,6H2/t11-,14-,16+,18-,21+/m1/s1. The molecule has 1 aromatic heterocycles. The van der Waals surface area contributed by atoms with E-state index in [1.807, 2.05) is 0 Å². The lowest BCUT2D eigenvalue weighted by Crippen LogP contribution is -2.55. The highest BCUT2D eigenvalue weighted by molar-refractivity contribution is 5.91. The van der Waals surface area contributed by atoms with Gasteiger partial charge in [0.05, 0.1) is 12.2 Å². The molecule has 4 rings (SSSR count). The molecule has 2 aromatic carbocycles. The van der Waals surface area contributed by atoms with E-state index in [0.29, 0.717) is 0 Å². The second-order valence-corrected chi connectivity index (χ2v) is 7.44. The number of benzene rings is 2. The molecule has 3 aromatic rings. The van der Waals surface area contributed by atoms with Gasteiger partial charge in [0.25, 0.3) is 0 Å². The first-order chi connectivity index (χ1) is 15.1. The molecular weight excluding hydrogens is 428 g/mol. The zero-order valence-electron chi connectivity index (χ0n) is 16.3. The van der Waals surface area contributed by atoms with E-state index in [0.717, 1.165) is 6.07 Å². The van der Waals surface area contributed by atoms with E-state index < -0.39 is 70.8 Å². The van der Waals surface area contributed by atoms with E-state index in [2.05, 4.69) is 0 Å². The van der Waals surface area contributed by atoms with Gasteiger partial charge < -0.3 is 50.0 Å². The molecule has 11 nitrogen and oxygen atoms in total. The number of rotatable bonds is 3. The summed E-state index contributed by atoms with van der Waals surface area (Å²) in [7, 11) is 0. The molecule has 0 spiro atoms. The van der Waals surface area contributed by atoms with Gasteiger partial charge in [0.2, 0.25) is 11.2 Å². The van der Waals surface area contributed by atoms with Crippen molar-refractivity contribution < 1.29 is 50.0 Å². The van der Waals surface area contributed by atoms with Gasteiger partial charge in [0, 0.05) is 11.6 Å². The molecule has 170 valence electrons. The Morgan fingerprint density at radius 2 is 1.53 bits per heavy atom. The van der Waals surface area contributed by atoms with E-state index in [-0.39, 0.29) is 22.6 Å². The fourth-order valence-electron chi connectivity index (χ4n) is 3.77. The zero-order valence-corrected chi connectivity index (χ0v) is 16.3. The van der Waals surface area contributed by atoms with Gasteiger partial charge in [-0.05, 0) is 24.3 Å². The number of hydrogen-bond donors (Lipinski definition) is 8. The summed E-state index contributed by atoms with van der Waals surface area (Å²) < 4.78 is 11.1. The number of aliphatic hydroxyl groups is 4. The zero-order chi connectivity index (χ0) is 23.3. The van der Waals surface area contributed by atoms with E-state index in [9.17, 15) is 45.6 Å². The highest BCUT2D eigenvalue weighted by Crippen LogP contribution is 2.44. The molecule has 1 saturated heterocycles. The van der Waals surface area contributed by atoms with Gasteiger partial charge >= 0.3 is 0 Å². The molecule has 8 N–H and O–H groups in total. The first kappa shape index (κ1) is 21.9. The smallest absolute Gasteiger partial charge is 0.238 e. The summed E-state index contributed by atoms with van der Waals surface area (Å²) in [5.74, 6) is -2.71. The third-order valence-corrected chi connectivity index (χ3v) is 5.44. The molecule has 11 heteroatoms. The van der Waals surface area contributed by atoms with Crippen molar-refractivity contribution in [2.24, 2.45) is 0 Å². The second-order valence-electron chi connectivity index (χ2n) is 7.44. The topological polar surface area (TPSA) is 201 Å². The summed E-state index contributed by atoms with van der Waals surface area (Å²) in [5.41, 5.74) is -1.70. The molecule has 0 unspecified atom stereocenters. The van der Waals surface area contributed by atoms with Crippen LogP contribution in [0.25, 0.3) is 22.3 Å². The Balaban J connectivity index is 2.01. The third-order valence-electron chi connectivity index (χ3n) is 5.44. The minimum Gasteiger partial charge on any atom is -0.508 e. The van der Waals surface area contributed by atoms with Crippen LogP contribution in [0.4, 0.5) is 0 Å². The summed E-state index contributed by atoms with van der Waals surface area (Å²) in [6, 6.07) is 6.01. The van der Waals surface area contributed by atoms with Crippen molar-refractivity contribution in [2.75, 3.05) is 6.61 Å². The SMILES string of the molecule is O=c1c(O)c(-c2ccc(O)cc2)oc2c([C@@H]3O[C@H](CO)[C@@H](O)[C@H](O)[C@H]3O)c(O)cc(O)c12. The predicted molar refractivity (Wildman–Crippen MR) is 107 cm³/mol. The van der Waals surface area contributed by atoms with Crippen LogP contribution in [0.5, 0.6) is 23.0 Å². The average molecular weight is 448 g/mol. The lowest BCUT2D eigenvalue weighted by molar-refractivity contribution is -0.231. The summed E-state index contributed by atoms with van der Waals surface area (Å²) >= 11 is 0. The van der Waals surface area contributed by atoms with Crippen LogP contribution in [0.1, 0.15) is 11.7 Å². The predicted octanol–water partition coefficient (Wildman–Crippen LogP) is -0.203. The lowest BCUT2D eigenvalue weighted by atomic mass is 9.89. The first-order valence-corrected chi connectivity index (χ1v) is 9.50. The minimum absolute atomic E-state index is 0.0892. The number of phenolic OH excluding ortho intramolecular Hbond substituents is 3. The Morgan fingerprint density at radius 3 is 2.16 bits per heavy atom. The third kappa shape index (κ3) is 3.32. The van der Waals surface area contributed by atoms with Crippen LogP contribution in [0.3, 0.4) is 0 Å². The fourth-order valence-corrected chi connectivity index (χ4v) is 3.77. The van der Waals surface area contributed by atoms with Gasteiger partial charge in [0.15, 0.2) is 11.3 Å². The van der Waals surface area contributed by atoms with Crippen molar-refractivity contribution in [2.45, 2.75) is 30.5 Å². The summed E-state index contributed by atoms with van der Waals surface area (Å²) in [4.78, 5) is 12.8. The second kappa shape index (κ2) is 7.97. The van der Waals surface area contributed by atoms with Crippen molar-refractivity contribution in [1.29, 1.82) is 0 Å². The van der Waals surface area contributed by atoms with Crippen molar-refractivity contribution in [3.63, 3.8) is 0 Å². The highest BCUT2D eigenvalue weighted by Gasteiger charge is 2.46. The molecule has 1 fully saturated rings. The maximum atomic E-state index is 12.8. The number of aromatic hydroxyl groups is 4. The van der Waals surface area contributed by atoms with Gasteiger partial charge in [0.1, 0.15) is 53.2 Å². The van der Waals surface area contributed by atoms with Gasteiger partial charge in [-0.15, -0.1) is 0 Å². The van der Waals surface area contributed by atoms with Crippen molar-refractivity contribution >= 4 is 11.0 Å². The normalized spacial score (nSPS) is 25.8. The van der Waals surface area contributed by atoms with Gasteiger partial charge in [-0.2, -0.15) is 0 Å². The number of aliphatic hydroxyl groups excluding tert-OH is 4. The maximum absolute atomic E-state index is 12.8. The van der Waals surface area contributed by atoms with E-state index in [1.54, 1.807) is 0 Å². The molecule has 5 atom stereocenters. The van der Waals surface area contributed by atoms with Crippen LogP contribution in [-0.2, 0) is 4.74 Å². The molecule has 32 heavy (non-hydrogen) atoms. The maximum Gasteiger partial charge on any atom is 0.238 e. The Morgan fingerprint density at radius 1 is 0.875 bits per heavy atom. The van der Waals surface area contributed by atoms with E-state index >= 15 is 0 Å². The van der Waals surface area contributed by atoms with Crippen molar-refractivity contribution in [1.82, 2.24) is 0 Å². The highest BCUT2D eigenvalue weighted by atomic mass is 16.5. The minimum atomic E-state index is -1.82. The molecule has 2 heterocycles. The Bertz CT molecular complexity index is 1220.